The highest BCUT2D eigenvalue weighted by atomic mass is 19.1. The van der Waals surface area contributed by atoms with Gasteiger partial charge in [0.05, 0.1) is 36.8 Å². The maximum atomic E-state index is 13.1. The molecule has 4 aliphatic heterocycles. The molecule has 6 nitrogen and oxygen atoms in total. The summed E-state index contributed by atoms with van der Waals surface area (Å²) < 4.78 is 30.3. The van der Waals surface area contributed by atoms with E-state index in [2.05, 4.69) is 0 Å². The molecular weight excluding hydrogens is 317 g/mol. The monoisotopic (exact) mass is 331 g/mol. The fourth-order valence-electron chi connectivity index (χ4n) is 4.17. The number of rotatable bonds is 2. The third-order valence-electron chi connectivity index (χ3n) is 5.15. The van der Waals surface area contributed by atoms with Crippen LogP contribution in [0.2, 0.25) is 0 Å². The number of halogens is 1. The van der Waals surface area contributed by atoms with Crippen LogP contribution in [0, 0.1) is 17.7 Å². The molecule has 0 saturated carbocycles. The summed E-state index contributed by atoms with van der Waals surface area (Å²) in [5, 5.41) is 0. The number of imide groups is 1. The first-order valence-corrected chi connectivity index (χ1v) is 7.85. The van der Waals surface area contributed by atoms with Crippen molar-refractivity contribution in [3.8, 4) is 0 Å². The fraction of sp³-hybridized carbons (Fsp3) is 0.412. The van der Waals surface area contributed by atoms with E-state index < -0.39 is 35.6 Å². The van der Waals surface area contributed by atoms with Gasteiger partial charge in [-0.25, -0.2) is 9.29 Å². The molecule has 24 heavy (non-hydrogen) atoms. The molecular formula is C17H14FNO5. The zero-order chi connectivity index (χ0) is 16.5. The van der Waals surface area contributed by atoms with Gasteiger partial charge in [0.1, 0.15) is 5.82 Å². The van der Waals surface area contributed by atoms with E-state index in [0.717, 1.165) is 4.90 Å². The highest BCUT2D eigenvalue weighted by Gasteiger charge is 2.71. The summed E-state index contributed by atoms with van der Waals surface area (Å²) in [6, 6.07) is 5.31. The van der Waals surface area contributed by atoms with Crippen molar-refractivity contribution in [3.05, 3.63) is 42.2 Å². The molecule has 0 unspecified atom stereocenters. The number of benzene rings is 1. The van der Waals surface area contributed by atoms with Crippen LogP contribution in [0.3, 0.4) is 0 Å². The van der Waals surface area contributed by atoms with Crippen molar-refractivity contribution in [2.24, 2.45) is 11.8 Å². The van der Waals surface area contributed by atoms with Crippen LogP contribution in [-0.4, -0.2) is 43.0 Å². The lowest BCUT2D eigenvalue weighted by molar-refractivity contribution is -0.180. The smallest absolute Gasteiger partial charge is 0.241 e. The van der Waals surface area contributed by atoms with Crippen molar-refractivity contribution in [2.45, 2.75) is 18.0 Å². The van der Waals surface area contributed by atoms with Gasteiger partial charge in [0.25, 0.3) is 0 Å². The van der Waals surface area contributed by atoms with Crippen LogP contribution in [-0.2, 0) is 23.8 Å². The molecule has 7 heteroatoms. The molecule has 0 N–H and O–H groups in total. The summed E-state index contributed by atoms with van der Waals surface area (Å²) >= 11 is 0. The van der Waals surface area contributed by atoms with Crippen LogP contribution in [0.15, 0.2) is 36.4 Å². The minimum atomic E-state index is -1.06. The topological polar surface area (TPSA) is 65.1 Å². The van der Waals surface area contributed by atoms with Gasteiger partial charge in [-0.1, -0.05) is 6.08 Å². The molecule has 124 valence electrons. The number of hydrogen-bond acceptors (Lipinski definition) is 5. The highest BCUT2D eigenvalue weighted by molar-refractivity contribution is 6.23. The zero-order valence-electron chi connectivity index (χ0n) is 12.6. The van der Waals surface area contributed by atoms with E-state index in [9.17, 15) is 14.0 Å². The van der Waals surface area contributed by atoms with Gasteiger partial charge in [0.15, 0.2) is 11.9 Å². The number of ether oxygens (including phenoxy) is 3. The van der Waals surface area contributed by atoms with E-state index in [1.54, 1.807) is 12.2 Å². The molecule has 3 fully saturated rings. The minimum absolute atomic E-state index is 0.328. The fourth-order valence-corrected chi connectivity index (χ4v) is 4.17. The quantitative estimate of drug-likeness (QED) is 0.598. The summed E-state index contributed by atoms with van der Waals surface area (Å²) in [6.07, 6.45) is 2.42. The summed E-state index contributed by atoms with van der Waals surface area (Å²) in [4.78, 5) is 27.0. The molecule has 0 aliphatic carbocycles. The molecule has 0 aromatic heterocycles. The number of fused-ring (bicyclic) bond motifs is 5. The Bertz CT molecular complexity index is 757. The maximum Gasteiger partial charge on any atom is 0.241 e. The molecule has 2 bridgehead atoms. The standard InChI is InChI=1S/C17H14FNO5/c18-9-1-3-10(4-2-9)19-14(20)12-11-5-6-17(24-11,13(12)15(19)21)16-22-7-8-23-16/h1-6,11-13,16H,7-8H2/t11-,12-,13-,17-/m1/s1. The Kier molecular flexibility index (Phi) is 2.81. The van der Waals surface area contributed by atoms with E-state index in [4.69, 9.17) is 14.2 Å². The van der Waals surface area contributed by atoms with Gasteiger partial charge in [-0.2, -0.15) is 0 Å². The Balaban J connectivity index is 1.56. The molecule has 0 radical (unpaired) electrons. The Labute approximate surface area is 136 Å². The number of hydrogen-bond donors (Lipinski definition) is 0. The Morgan fingerprint density at radius 2 is 1.79 bits per heavy atom. The summed E-state index contributed by atoms with van der Waals surface area (Å²) in [6.45, 7) is 0.852. The van der Waals surface area contributed by atoms with Crippen molar-refractivity contribution < 1.29 is 28.2 Å². The number of carbonyl (C=O) groups is 2. The number of amides is 2. The molecule has 0 spiro atoms. The van der Waals surface area contributed by atoms with E-state index in [1.807, 2.05) is 0 Å². The third kappa shape index (κ3) is 1.64. The second kappa shape index (κ2) is 4.72. The number of anilines is 1. The van der Waals surface area contributed by atoms with E-state index in [-0.39, 0.29) is 11.8 Å². The van der Waals surface area contributed by atoms with Gasteiger partial charge in [0, 0.05) is 0 Å². The van der Waals surface area contributed by atoms with E-state index in [1.165, 1.54) is 24.3 Å². The Hall–Kier alpha value is -2.09. The summed E-state index contributed by atoms with van der Waals surface area (Å²) in [7, 11) is 0. The molecule has 2 amide bonds. The molecule has 4 aliphatic rings. The average molecular weight is 331 g/mol. The van der Waals surface area contributed by atoms with Crippen LogP contribution in [0.1, 0.15) is 0 Å². The van der Waals surface area contributed by atoms with Crippen LogP contribution in [0.4, 0.5) is 10.1 Å². The average Bonchev–Trinajstić information content (AvgIpc) is 3.33. The van der Waals surface area contributed by atoms with Crippen molar-refractivity contribution in [3.63, 3.8) is 0 Å². The van der Waals surface area contributed by atoms with Crippen LogP contribution in [0.25, 0.3) is 0 Å². The molecule has 4 heterocycles. The predicted molar refractivity (Wildman–Crippen MR) is 78.3 cm³/mol. The van der Waals surface area contributed by atoms with Gasteiger partial charge < -0.3 is 14.2 Å². The summed E-state index contributed by atoms with van der Waals surface area (Å²) in [5.74, 6) is -2.39. The normalized spacial score (nSPS) is 37.7. The van der Waals surface area contributed by atoms with Crippen molar-refractivity contribution >= 4 is 17.5 Å². The van der Waals surface area contributed by atoms with Gasteiger partial charge in [-0.05, 0) is 30.3 Å². The first-order valence-electron chi connectivity index (χ1n) is 7.85. The van der Waals surface area contributed by atoms with Crippen LogP contribution >= 0.6 is 0 Å². The van der Waals surface area contributed by atoms with Crippen LogP contribution < -0.4 is 4.90 Å². The summed E-state index contributed by atoms with van der Waals surface area (Å²) in [5.41, 5.74) is -0.698. The Morgan fingerprint density at radius 1 is 1.08 bits per heavy atom. The van der Waals surface area contributed by atoms with E-state index in [0.29, 0.717) is 18.9 Å². The first kappa shape index (κ1) is 14.3. The van der Waals surface area contributed by atoms with Crippen molar-refractivity contribution in [1.29, 1.82) is 0 Å². The molecule has 1 aromatic carbocycles. The van der Waals surface area contributed by atoms with Crippen LogP contribution in [0.5, 0.6) is 0 Å². The molecule has 4 atom stereocenters. The second-order valence-electron chi connectivity index (χ2n) is 6.36. The largest absolute Gasteiger partial charge is 0.357 e. The number of carbonyl (C=O) groups excluding carboxylic acids is 2. The molecule has 5 rings (SSSR count). The van der Waals surface area contributed by atoms with Crippen molar-refractivity contribution in [1.82, 2.24) is 0 Å². The SMILES string of the molecule is O=C1[C@@H]2[C@H]3C=C[C@@](C4OCCO4)(O3)[C@H]2C(=O)N1c1ccc(F)cc1. The molecule has 3 saturated heterocycles. The second-order valence-corrected chi connectivity index (χ2v) is 6.36. The molecule has 1 aromatic rings. The lowest BCUT2D eigenvalue weighted by Gasteiger charge is -2.32. The van der Waals surface area contributed by atoms with Gasteiger partial charge in [-0.3, -0.25) is 9.59 Å². The number of nitrogens with zero attached hydrogens (tertiary/aromatic N) is 1. The maximum absolute atomic E-state index is 13.1. The predicted octanol–water partition coefficient (Wildman–Crippen LogP) is 1.01. The van der Waals surface area contributed by atoms with Gasteiger partial charge in [0.2, 0.25) is 11.8 Å². The minimum Gasteiger partial charge on any atom is -0.357 e. The lowest BCUT2D eigenvalue weighted by atomic mass is 9.76. The Morgan fingerprint density at radius 3 is 2.50 bits per heavy atom. The van der Waals surface area contributed by atoms with Gasteiger partial charge >= 0.3 is 0 Å². The zero-order valence-corrected chi connectivity index (χ0v) is 12.6. The lowest BCUT2D eigenvalue weighted by Crippen LogP contribution is -2.49. The first-order chi connectivity index (χ1) is 11.6. The third-order valence-corrected chi connectivity index (χ3v) is 5.15. The van der Waals surface area contributed by atoms with Crippen molar-refractivity contribution in [2.75, 3.05) is 18.1 Å². The highest BCUT2D eigenvalue weighted by Crippen LogP contribution is 2.55. The van der Waals surface area contributed by atoms with E-state index >= 15 is 0 Å². The van der Waals surface area contributed by atoms with Gasteiger partial charge in [-0.15, -0.1) is 0 Å².